The maximum atomic E-state index is 12.9. The van der Waals surface area contributed by atoms with Crippen LogP contribution in [0.2, 0.25) is 0 Å². The molecule has 1 aromatic rings. The van der Waals surface area contributed by atoms with E-state index in [1.54, 1.807) is 19.1 Å². The maximum Gasteiger partial charge on any atom is 0.190 e. The van der Waals surface area contributed by atoms with Gasteiger partial charge in [0.25, 0.3) is 0 Å². The molecule has 156 valence electrons. The van der Waals surface area contributed by atoms with Crippen LogP contribution in [0.25, 0.3) is 0 Å². The molecule has 0 spiro atoms. The number of allylic oxidation sites excluding steroid dienone is 6. The normalized spacial score (nSPS) is 16.4. The Morgan fingerprint density at radius 3 is 2.00 bits per heavy atom. The van der Waals surface area contributed by atoms with E-state index in [2.05, 4.69) is 60.6 Å². The molecule has 0 radical (unpaired) electrons. The summed E-state index contributed by atoms with van der Waals surface area (Å²) in [7, 11) is 0. The van der Waals surface area contributed by atoms with Crippen molar-refractivity contribution in [2.24, 2.45) is 10.8 Å². The molecule has 0 N–H and O–H groups in total. The number of rotatable bonds is 6. The average molecular weight is 393 g/mol. The van der Waals surface area contributed by atoms with Gasteiger partial charge in [-0.05, 0) is 50.9 Å². The zero-order valence-corrected chi connectivity index (χ0v) is 19.4. The molecule has 0 aliphatic heterocycles. The van der Waals surface area contributed by atoms with Gasteiger partial charge in [-0.25, -0.2) is 0 Å². The van der Waals surface area contributed by atoms with Gasteiger partial charge in [0, 0.05) is 22.3 Å². The van der Waals surface area contributed by atoms with Crippen molar-refractivity contribution in [2.45, 2.75) is 74.7 Å². The molecule has 0 unspecified atom stereocenters. The first-order valence-electron chi connectivity index (χ1n) is 10.5. The van der Waals surface area contributed by atoms with Crippen LogP contribution in [0.1, 0.15) is 95.4 Å². The summed E-state index contributed by atoms with van der Waals surface area (Å²) < 4.78 is 0. The van der Waals surface area contributed by atoms with Crippen molar-refractivity contribution in [3.63, 3.8) is 0 Å². The van der Waals surface area contributed by atoms with Crippen molar-refractivity contribution >= 4 is 11.6 Å². The molecule has 0 amide bonds. The lowest BCUT2D eigenvalue weighted by molar-refractivity contribution is 0.0973. The number of hydrogen-bond acceptors (Lipinski definition) is 2. The molecule has 0 saturated heterocycles. The fourth-order valence-corrected chi connectivity index (χ4v) is 3.71. The van der Waals surface area contributed by atoms with Gasteiger partial charge >= 0.3 is 0 Å². The smallest absolute Gasteiger partial charge is 0.190 e. The number of Topliss-reactive ketones (excluding diaryl/α,β-unsaturated/α-hetero) is 2. The summed E-state index contributed by atoms with van der Waals surface area (Å²) in [6, 6.07) is 7.13. The number of carbonyl (C=O) groups is 2. The molecule has 1 aliphatic carbocycles. The van der Waals surface area contributed by atoms with Crippen LogP contribution in [0.5, 0.6) is 0 Å². The lowest BCUT2D eigenvalue weighted by Gasteiger charge is -2.26. The van der Waals surface area contributed by atoms with Crippen molar-refractivity contribution in [1.29, 1.82) is 0 Å². The van der Waals surface area contributed by atoms with E-state index in [4.69, 9.17) is 0 Å². The van der Waals surface area contributed by atoms with Gasteiger partial charge in [-0.2, -0.15) is 0 Å². The standard InChI is InChI=1S/C27H36O2/c1-18(17-27(7,8)16-15-19(2)26(4,5)6)13-14-21-20(3)24(28)22-11-9-10-12-23(22)25(21)29/h9-13,15H,14,16-17H2,1-8H3. The molecular weight excluding hydrogens is 356 g/mol. The molecule has 2 heteroatoms. The zero-order chi connectivity index (χ0) is 22.0. The molecule has 0 saturated carbocycles. The summed E-state index contributed by atoms with van der Waals surface area (Å²) in [5, 5.41) is 0. The van der Waals surface area contributed by atoms with E-state index in [0.29, 0.717) is 28.7 Å². The van der Waals surface area contributed by atoms with Crippen molar-refractivity contribution in [2.75, 3.05) is 0 Å². The van der Waals surface area contributed by atoms with Crippen LogP contribution in [-0.2, 0) is 0 Å². The minimum Gasteiger partial charge on any atom is -0.289 e. The SMILES string of the molecule is CC(=CCC1=C(C)C(=O)c2ccccc2C1=O)CC(C)(C)CC=C(C)C(C)(C)C. The zero-order valence-electron chi connectivity index (χ0n) is 19.4. The first kappa shape index (κ1) is 23.1. The van der Waals surface area contributed by atoms with Crippen LogP contribution < -0.4 is 0 Å². The molecule has 0 atom stereocenters. The van der Waals surface area contributed by atoms with Crippen molar-refractivity contribution in [3.05, 3.63) is 69.8 Å². The lowest BCUT2D eigenvalue weighted by atomic mass is 9.79. The number of hydrogen-bond donors (Lipinski definition) is 0. The number of benzene rings is 1. The predicted octanol–water partition coefficient (Wildman–Crippen LogP) is 7.52. The molecule has 2 nitrogen and oxygen atoms in total. The van der Waals surface area contributed by atoms with Gasteiger partial charge in [0.1, 0.15) is 0 Å². The van der Waals surface area contributed by atoms with Gasteiger partial charge in [-0.15, -0.1) is 0 Å². The Balaban J connectivity index is 2.12. The summed E-state index contributed by atoms with van der Waals surface area (Å²) in [5.41, 5.74) is 5.31. The summed E-state index contributed by atoms with van der Waals surface area (Å²) >= 11 is 0. The van der Waals surface area contributed by atoms with Gasteiger partial charge in [0.15, 0.2) is 11.6 Å². The molecule has 1 aliphatic rings. The van der Waals surface area contributed by atoms with Crippen molar-refractivity contribution in [1.82, 2.24) is 0 Å². The van der Waals surface area contributed by atoms with Gasteiger partial charge in [-0.3, -0.25) is 9.59 Å². The Hall–Kier alpha value is -2.22. The molecule has 0 aromatic heterocycles. The van der Waals surface area contributed by atoms with Crippen molar-refractivity contribution in [3.8, 4) is 0 Å². The first-order valence-corrected chi connectivity index (χ1v) is 10.5. The Morgan fingerprint density at radius 1 is 0.897 bits per heavy atom. The Kier molecular flexibility index (Phi) is 6.88. The quantitative estimate of drug-likeness (QED) is 0.469. The first-order chi connectivity index (χ1) is 13.3. The van der Waals surface area contributed by atoms with E-state index >= 15 is 0 Å². The van der Waals surface area contributed by atoms with Crippen LogP contribution in [-0.4, -0.2) is 11.6 Å². The highest BCUT2D eigenvalue weighted by Gasteiger charge is 2.28. The molecule has 29 heavy (non-hydrogen) atoms. The van der Waals surface area contributed by atoms with Crippen LogP contribution in [0.4, 0.5) is 0 Å². The predicted molar refractivity (Wildman–Crippen MR) is 122 cm³/mol. The third-order valence-electron chi connectivity index (χ3n) is 6.04. The Bertz CT molecular complexity index is 899. The molecule has 0 bridgehead atoms. The average Bonchev–Trinajstić information content (AvgIpc) is 2.63. The van der Waals surface area contributed by atoms with Crippen molar-refractivity contribution < 1.29 is 9.59 Å². The van der Waals surface area contributed by atoms with Gasteiger partial charge in [-0.1, -0.05) is 82.2 Å². The van der Waals surface area contributed by atoms with E-state index in [1.807, 2.05) is 12.1 Å². The minimum absolute atomic E-state index is 0.00949. The molecular formula is C27H36O2. The van der Waals surface area contributed by atoms with E-state index in [1.165, 1.54) is 11.1 Å². The summed E-state index contributed by atoms with van der Waals surface area (Å²) in [6.45, 7) is 17.4. The molecule has 0 fully saturated rings. The Labute approximate surface area is 176 Å². The van der Waals surface area contributed by atoms with E-state index in [-0.39, 0.29) is 22.4 Å². The van der Waals surface area contributed by atoms with Gasteiger partial charge in [0.2, 0.25) is 0 Å². The summed E-state index contributed by atoms with van der Waals surface area (Å²) in [4.78, 5) is 25.5. The fraction of sp³-hybridized carbons (Fsp3) is 0.481. The third-order valence-corrected chi connectivity index (χ3v) is 6.04. The largest absolute Gasteiger partial charge is 0.289 e. The third kappa shape index (κ3) is 5.65. The fourth-order valence-electron chi connectivity index (χ4n) is 3.71. The van der Waals surface area contributed by atoms with Crippen LogP contribution >= 0.6 is 0 Å². The topological polar surface area (TPSA) is 34.1 Å². The van der Waals surface area contributed by atoms with E-state index < -0.39 is 0 Å². The van der Waals surface area contributed by atoms with E-state index in [0.717, 1.165) is 12.8 Å². The lowest BCUT2D eigenvalue weighted by Crippen LogP contribution is -2.20. The van der Waals surface area contributed by atoms with Crippen LogP contribution in [0.3, 0.4) is 0 Å². The number of carbonyl (C=O) groups excluding carboxylic acids is 2. The number of ketones is 2. The van der Waals surface area contributed by atoms with Gasteiger partial charge in [0.05, 0.1) is 0 Å². The Morgan fingerprint density at radius 2 is 1.45 bits per heavy atom. The van der Waals surface area contributed by atoms with Crippen LogP contribution in [0.15, 0.2) is 58.7 Å². The molecule has 0 heterocycles. The summed E-state index contributed by atoms with van der Waals surface area (Å²) in [5.74, 6) is -0.0332. The second-order valence-corrected chi connectivity index (χ2v) is 10.2. The van der Waals surface area contributed by atoms with Gasteiger partial charge < -0.3 is 0 Å². The van der Waals surface area contributed by atoms with E-state index in [9.17, 15) is 9.59 Å². The second-order valence-electron chi connectivity index (χ2n) is 10.2. The summed E-state index contributed by atoms with van der Waals surface area (Å²) in [6.07, 6.45) is 6.99. The number of fused-ring (bicyclic) bond motifs is 1. The second kappa shape index (κ2) is 8.65. The molecule has 1 aromatic carbocycles. The minimum atomic E-state index is -0.0237. The van der Waals surface area contributed by atoms with Crippen LogP contribution in [0, 0.1) is 10.8 Å². The molecule has 2 rings (SSSR count). The highest BCUT2D eigenvalue weighted by atomic mass is 16.1. The monoisotopic (exact) mass is 392 g/mol. The highest BCUT2D eigenvalue weighted by Crippen LogP contribution is 2.34. The highest BCUT2D eigenvalue weighted by molar-refractivity contribution is 6.26. The maximum absolute atomic E-state index is 12.9.